The molecule has 16 heavy (non-hydrogen) atoms. The van der Waals surface area contributed by atoms with E-state index in [2.05, 4.69) is 10.6 Å². The lowest BCUT2D eigenvalue weighted by atomic mass is 10.5. The van der Waals surface area contributed by atoms with Crippen molar-refractivity contribution in [2.24, 2.45) is 0 Å². The molecule has 1 rings (SSSR count). The number of amides is 2. The van der Waals surface area contributed by atoms with Gasteiger partial charge in [0.15, 0.2) is 0 Å². The first-order valence-electron chi connectivity index (χ1n) is 5.35. The second-order valence-electron chi connectivity index (χ2n) is 3.66. The van der Waals surface area contributed by atoms with E-state index in [1.54, 1.807) is 7.11 Å². The monoisotopic (exact) mass is 230 g/mol. The van der Waals surface area contributed by atoms with Crippen LogP contribution in [0.4, 0.5) is 0 Å². The van der Waals surface area contributed by atoms with Crippen LogP contribution in [0.5, 0.6) is 0 Å². The Morgan fingerprint density at radius 2 is 2.00 bits per heavy atom. The van der Waals surface area contributed by atoms with E-state index in [4.69, 9.17) is 9.47 Å². The van der Waals surface area contributed by atoms with Gasteiger partial charge in [0.25, 0.3) is 0 Å². The first-order valence-corrected chi connectivity index (χ1v) is 5.35. The number of hydrogen-bond acceptors (Lipinski definition) is 4. The van der Waals surface area contributed by atoms with Crippen molar-refractivity contribution in [1.29, 1.82) is 0 Å². The standard InChI is InChI=1S/C10H18N2O4/c1-15-4-5-16-7-10(14)11-6-9(13)12-8-2-3-8/h8H,2-7H2,1H3,(H,11,14)(H,12,13). The van der Waals surface area contributed by atoms with Crippen molar-refractivity contribution in [2.45, 2.75) is 18.9 Å². The molecular weight excluding hydrogens is 212 g/mol. The fourth-order valence-corrected chi connectivity index (χ4v) is 1.04. The van der Waals surface area contributed by atoms with Crippen LogP contribution in [0.2, 0.25) is 0 Å². The van der Waals surface area contributed by atoms with Crippen LogP contribution in [0.3, 0.4) is 0 Å². The van der Waals surface area contributed by atoms with Crippen LogP contribution in [0, 0.1) is 0 Å². The smallest absolute Gasteiger partial charge is 0.246 e. The van der Waals surface area contributed by atoms with E-state index in [-0.39, 0.29) is 25.0 Å². The van der Waals surface area contributed by atoms with Crippen LogP contribution < -0.4 is 10.6 Å². The molecule has 2 amide bonds. The Morgan fingerprint density at radius 1 is 1.25 bits per heavy atom. The van der Waals surface area contributed by atoms with E-state index in [0.717, 1.165) is 12.8 Å². The molecule has 0 unspecified atom stereocenters. The minimum absolute atomic E-state index is 0.0168. The Kier molecular flexibility index (Phi) is 5.81. The predicted octanol–water partition coefficient (Wildman–Crippen LogP) is -0.956. The van der Waals surface area contributed by atoms with E-state index in [0.29, 0.717) is 19.3 Å². The molecule has 6 heteroatoms. The number of nitrogens with one attached hydrogen (secondary N) is 2. The molecule has 1 aliphatic rings. The van der Waals surface area contributed by atoms with E-state index >= 15 is 0 Å². The molecule has 0 aromatic carbocycles. The Balaban J connectivity index is 1.94. The zero-order valence-electron chi connectivity index (χ0n) is 9.45. The molecule has 92 valence electrons. The summed E-state index contributed by atoms with van der Waals surface area (Å²) < 4.78 is 9.74. The van der Waals surface area contributed by atoms with Gasteiger partial charge in [-0.15, -0.1) is 0 Å². The van der Waals surface area contributed by atoms with Crippen molar-refractivity contribution >= 4 is 11.8 Å². The van der Waals surface area contributed by atoms with E-state index in [9.17, 15) is 9.59 Å². The van der Waals surface area contributed by atoms with Crippen molar-refractivity contribution in [3.63, 3.8) is 0 Å². The van der Waals surface area contributed by atoms with E-state index in [1.165, 1.54) is 0 Å². The fourth-order valence-electron chi connectivity index (χ4n) is 1.04. The van der Waals surface area contributed by atoms with Crippen molar-refractivity contribution in [3.8, 4) is 0 Å². The first kappa shape index (κ1) is 12.9. The minimum atomic E-state index is -0.290. The Morgan fingerprint density at radius 3 is 2.62 bits per heavy atom. The zero-order valence-corrected chi connectivity index (χ0v) is 9.45. The molecule has 0 bridgehead atoms. The highest BCUT2D eigenvalue weighted by Gasteiger charge is 2.23. The summed E-state index contributed by atoms with van der Waals surface area (Å²) in [5, 5.41) is 5.25. The Labute approximate surface area is 94.7 Å². The highest BCUT2D eigenvalue weighted by molar-refractivity contribution is 5.85. The summed E-state index contributed by atoms with van der Waals surface area (Å²) in [7, 11) is 1.56. The summed E-state index contributed by atoms with van der Waals surface area (Å²) in [4.78, 5) is 22.3. The molecular formula is C10H18N2O4. The molecule has 0 spiro atoms. The van der Waals surface area contributed by atoms with Crippen LogP contribution in [0.1, 0.15) is 12.8 Å². The van der Waals surface area contributed by atoms with Gasteiger partial charge in [-0.3, -0.25) is 9.59 Å². The van der Waals surface area contributed by atoms with Gasteiger partial charge in [-0.25, -0.2) is 0 Å². The largest absolute Gasteiger partial charge is 0.382 e. The normalized spacial score (nSPS) is 14.6. The molecule has 0 aromatic rings. The van der Waals surface area contributed by atoms with Gasteiger partial charge in [0, 0.05) is 13.2 Å². The van der Waals surface area contributed by atoms with Crippen molar-refractivity contribution < 1.29 is 19.1 Å². The van der Waals surface area contributed by atoms with E-state index in [1.807, 2.05) is 0 Å². The zero-order chi connectivity index (χ0) is 11.8. The SMILES string of the molecule is COCCOCC(=O)NCC(=O)NC1CC1. The van der Waals surface area contributed by atoms with Crippen LogP contribution >= 0.6 is 0 Å². The molecule has 0 heterocycles. The second kappa shape index (κ2) is 7.19. The number of carbonyl (C=O) groups excluding carboxylic acids is 2. The molecule has 0 aliphatic heterocycles. The van der Waals surface area contributed by atoms with Gasteiger partial charge in [0.05, 0.1) is 19.8 Å². The van der Waals surface area contributed by atoms with Gasteiger partial charge in [0.2, 0.25) is 11.8 Å². The summed E-state index contributed by atoms with van der Waals surface area (Å²) in [6, 6.07) is 0.322. The number of carbonyl (C=O) groups is 2. The highest BCUT2D eigenvalue weighted by atomic mass is 16.5. The summed E-state index contributed by atoms with van der Waals surface area (Å²) in [6.45, 7) is 0.802. The van der Waals surface area contributed by atoms with Crippen molar-refractivity contribution in [3.05, 3.63) is 0 Å². The molecule has 1 saturated carbocycles. The summed E-state index contributed by atoms with van der Waals surface area (Å²) in [5.74, 6) is -0.435. The van der Waals surface area contributed by atoms with Gasteiger partial charge < -0.3 is 20.1 Å². The number of ether oxygens (including phenoxy) is 2. The lowest BCUT2D eigenvalue weighted by molar-refractivity contribution is -0.129. The summed E-state index contributed by atoms with van der Waals surface area (Å²) in [5.41, 5.74) is 0. The molecule has 0 atom stereocenters. The topological polar surface area (TPSA) is 76.7 Å². The van der Waals surface area contributed by atoms with Gasteiger partial charge in [0.1, 0.15) is 6.61 Å². The fraction of sp³-hybridized carbons (Fsp3) is 0.800. The first-order chi connectivity index (χ1) is 7.72. The average molecular weight is 230 g/mol. The molecule has 0 radical (unpaired) electrons. The maximum absolute atomic E-state index is 11.2. The maximum atomic E-state index is 11.2. The van der Waals surface area contributed by atoms with Crippen LogP contribution in [0.15, 0.2) is 0 Å². The molecule has 1 aliphatic carbocycles. The van der Waals surface area contributed by atoms with Crippen LogP contribution in [-0.2, 0) is 19.1 Å². The van der Waals surface area contributed by atoms with Crippen molar-refractivity contribution in [1.82, 2.24) is 10.6 Å². The Hall–Kier alpha value is -1.14. The van der Waals surface area contributed by atoms with Crippen LogP contribution in [0.25, 0.3) is 0 Å². The molecule has 0 aromatic heterocycles. The van der Waals surface area contributed by atoms with Gasteiger partial charge >= 0.3 is 0 Å². The van der Waals surface area contributed by atoms with Gasteiger partial charge in [-0.2, -0.15) is 0 Å². The lowest BCUT2D eigenvalue weighted by Crippen LogP contribution is -2.39. The lowest BCUT2D eigenvalue weighted by Gasteiger charge is -2.06. The van der Waals surface area contributed by atoms with E-state index < -0.39 is 0 Å². The minimum Gasteiger partial charge on any atom is -0.382 e. The predicted molar refractivity (Wildman–Crippen MR) is 56.9 cm³/mol. The Bertz CT molecular complexity index is 241. The molecule has 0 saturated heterocycles. The van der Waals surface area contributed by atoms with Gasteiger partial charge in [-0.1, -0.05) is 0 Å². The summed E-state index contributed by atoms with van der Waals surface area (Å²) >= 11 is 0. The quantitative estimate of drug-likeness (QED) is 0.527. The molecule has 1 fully saturated rings. The second-order valence-corrected chi connectivity index (χ2v) is 3.66. The summed E-state index contributed by atoms with van der Waals surface area (Å²) in [6.07, 6.45) is 2.08. The van der Waals surface area contributed by atoms with Gasteiger partial charge in [-0.05, 0) is 12.8 Å². The average Bonchev–Trinajstić information content (AvgIpc) is 3.05. The third kappa shape index (κ3) is 6.36. The molecule has 2 N–H and O–H groups in total. The van der Waals surface area contributed by atoms with Crippen LogP contribution in [-0.4, -0.2) is 51.3 Å². The third-order valence-corrected chi connectivity index (χ3v) is 2.05. The third-order valence-electron chi connectivity index (χ3n) is 2.05. The number of methoxy groups -OCH3 is 1. The number of hydrogen-bond donors (Lipinski definition) is 2. The van der Waals surface area contributed by atoms with Crippen molar-refractivity contribution in [2.75, 3.05) is 33.5 Å². The number of rotatable bonds is 8. The molecule has 6 nitrogen and oxygen atoms in total. The highest BCUT2D eigenvalue weighted by Crippen LogP contribution is 2.17. The maximum Gasteiger partial charge on any atom is 0.246 e.